The molecule has 3 aromatic rings. The highest BCUT2D eigenvalue weighted by atomic mass is 35.5. The third-order valence-corrected chi connectivity index (χ3v) is 13.2. The van der Waals surface area contributed by atoms with E-state index in [1.807, 2.05) is 23.1 Å². The molecule has 5 saturated heterocycles. The van der Waals surface area contributed by atoms with E-state index in [0.717, 1.165) is 101 Å². The summed E-state index contributed by atoms with van der Waals surface area (Å²) in [6.45, 7) is 6.03. The maximum atomic E-state index is 13.8. The monoisotopic (exact) mass is 804 g/mol. The minimum atomic E-state index is -0.983. The number of aromatic nitrogens is 1. The number of nitriles is 1. The summed E-state index contributed by atoms with van der Waals surface area (Å²) in [7, 11) is 0. The van der Waals surface area contributed by atoms with Crippen molar-refractivity contribution in [2.45, 2.75) is 75.6 Å². The van der Waals surface area contributed by atoms with E-state index in [9.17, 15) is 29.2 Å². The van der Waals surface area contributed by atoms with Crippen LogP contribution in [-0.4, -0.2) is 119 Å². The molecule has 1 aromatic heterocycles. The Kier molecular flexibility index (Phi) is 10.3. The fraction of sp³-hybridized carbons (Fsp3) is 0.465. The Bertz CT molecular complexity index is 2180. The first-order valence-electron chi connectivity index (χ1n) is 20.4. The van der Waals surface area contributed by atoms with Gasteiger partial charge in [0.15, 0.2) is 0 Å². The lowest BCUT2D eigenvalue weighted by Crippen LogP contribution is -2.54. The standard InChI is InChI=1S/C43H45ClN8O6/c44-34-22-31(8-4-27(34)23-45)58-32-20-29-6-7-30(21-32)51(29)41(55)28-5-10-37(46-24-28)50-18-16-48(17-19-50)25-26-12-14-49(15-13-26)35-3-1-2-33-39(35)43(57)52(42(33)56)36-9-11-38(53)47-40(36)54/h1-5,8,10,22,24,26,29-30,32,36H,6-7,9,11-21,25H2,(H,47,53,54). The molecule has 3 atom stereocenters. The lowest BCUT2D eigenvalue weighted by atomic mass is 9.94. The number of anilines is 2. The quantitative estimate of drug-likeness (QED) is 0.325. The highest BCUT2D eigenvalue weighted by Crippen LogP contribution is 2.39. The second-order valence-corrected chi connectivity index (χ2v) is 16.7. The van der Waals surface area contributed by atoms with Crippen LogP contribution in [0.15, 0.2) is 54.7 Å². The normalized spacial score (nSPS) is 25.2. The van der Waals surface area contributed by atoms with Gasteiger partial charge in [0.25, 0.3) is 17.7 Å². The molecule has 2 aromatic carbocycles. The van der Waals surface area contributed by atoms with Crippen LogP contribution in [0.5, 0.6) is 5.75 Å². The largest absolute Gasteiger partial charge is 0.490 e. The number of hydrogen-bond donors (Lipinski definition) is 1. The molecule has 5 amide bonds. The zero-order valence-electron chi connectivity index (χ0n) is 32.1. The molecule has 15 heteroatoms. The molecule has 0 spiro atoms. The molecular weight excluding hydrogens is 760 g/mol. The molecule has 6 aliphatic heterocycles. The molecule has 14 nitrogen and oxygen atoms in total. The lowest BCUT2D eigenvalue weighted by Gasteiger charge is -2.40. The highest BCUT2D eigenvalue weighted by Gasteiger charge is 2.47. The molecule has 9 rings (SSSR count). The van der Waals surface area contributed by atoms with Gasteiger partial charge in [-0.3, -0.25) is 39.1 Å². The van der Waals surface area contributed by atoms with Gasteiger partial charge < -0.3 is 19.4 Å². The summed E-state index contributed by atoms with van der Waals surface area (Å²) < 4.78 is 6.26. The van der Waals surface area contributed by atoms with Crippen molar-refractivity contribution in [3.63, 3.8) is 0 Å². The molecular formula is C43H45ClN8O6. The van der Waals surface area contributed by atoms with Crippen molar-refractivity contribution in [1.82, 2.24) is 25.0 Å². The summed E-state index contributed by atoms with van der Waals surface area (Å²) >= 11 is 6.22. The van der Waals surface area contributed by atoms with Gasteiger partial charge in [-0.2, -0.15) is 5.26 Å². The van der Waals surface area contributed by atoms with Crippen molar-refractivity contribution in [1.29, 1.82) is 5.26 Å². The minimum Gasteiger partial charge on any atom is -0.490 e. The first-order chi connectivity index (χ1) is 28.1. The number of benzene rings is 2. The topological polar surface area (TPSA) is 159 Å². The smallest absolute Gasteiger partial charge is 0.264 e. The maximum absolute atomic E-state index is 13.8. The third kappa shape index (κ3) is 7.15. The molecule has 0 radical (unpaired) electrons. The Hall–Kier alpha value is -5.52. The number of piperidine rings is 3. The summed E-state index contributed by atoms with van der Waals surface area (Å²) in [6, 6.07) is 15.6. The van der Waals surface area contributed by atoms with Crippen LogP contribution in [0.2, 0.25) is 5.02 Å². The second kappa shape index (κ2) is 15.7. The number of ether oxygens (including phenoxy) is 1. The number of nitrogens with one attached hydrogen (secondary N) is 1. The number of hydrogen-bond acceptors (Lipinski definition) is 11. The maximum Gasteiger partial charge on any atom is 0.264 e. The fourth-order valence-electron chi connectivity index (χ4n) is 9.90. The lowest BCUT2D eigenvalue weighted by molar-refractivity contribution is -0.136. The molecule has 58 heavy (non-hydrogen) atoms. The van der Waals surface area contributed by atoms with Gasteiger partial charge in [0.1, 0.15) is 29.8 Å². The van der Waals surface area contributed by atoms with Gasteiger partial charge in [-0.15, -0.1) is 0 Å². The van der Waals surface area contributed by atoms with Crippen molar-refractivity contribution >= 4 is 52.6 Å². The Morgan fingerprint density at radius 3 is 2.31 bits per heavy atom. The number of carbonyl (C=O) groups excluding carboxylic acids is 5. The second-order valence-electron chi connectivity index (χ2n) is 16.3. The molecule has 3 unspecified atom stereocenters. The third-order valence-electron chi connectivity index (χ3n) is 12.9. The summed E-state index contributed by atoms with van der Waals surface area (Å²) in [5.41, 5.74) is 2.41. The highest BCUT2D eigenvalue weighted by molar-refractivity contribution is 6.31. The van der Waals surface area contributed by atoms with Crippen LogP contribution in [0.1, 0.15) is 88.0 Å². The molecule has 6 aliphatic rings. The number of halogens is 1. The van der Waals surface area contributed by atoms with Gasteiger partial charge in [0.2, 0.25) is 11.8 Å². The van der Waals surface area contributed by atoms with Crippen molar-refractivity contribution in [3.8, 4) is 11.8 Å². The first-order valence-corrected chi connectivity index (χ1v) is 20.7. The van der Waals surface area contributed by atoms with Crippen molar-refractivity contribution in [2.24, 2.45) is 5.92 Å². The first kappa shape index (κ1) is 38.0. The van der Waals surface area contributed by atoms with Crippen LogP contribution < -0.4 is 19.9 Å². The Morgan fingerprint density at radius 1 is 0.879 bits per heavy atom. The minimum absolute atomic E-state index is 0.0192. The zero-order valence-corrected chi connectivity index (χ0v) is 32.9. The van der Waals surface area contributed by atoms with Crippen LogP contribution in [0.3, 0.4) is 0 Å². The number of nitrogens with zero attached hydrogens (tertiary/aromatic N) is 7. The summed E-state index contributed by atoms with van der Waals surface area (Å²) in [6.07, 6.45) is 7.23. The summed E-state index contributed by atoms with van der Waals surface area (Å²) in [5, 5.41) is 11.8. The van der Waals surface area contributed by atoms with E-state index in [4.69, 9.17) is 21.3 Å². The predicted octanol–water partition coefficient (Wildman–Crippen LogP) is 4.26. The number of fused-ring (bicyclic) bond motifs is 3. The molecule has 5 fully saturated rings. The van der Waals surface area contributed by atoms with Crippen molar-refractivity contribution in [3.05, 3.63) is 82.0 Å². The molecule has 1 N–H and O–H groups in total. The van der Waals surface area contributed by atoms with Gasteiger partial charge in [-0.05, 0) is 74.4 Å². The Balaban J connectivity index is 0.743. The average Bonchev–Trinajstić information content (AvgIpc) is 3.65. The fourth-order valence-corrected chi connectivity index (χ4v) is 10.1. The van der Waals surface area contributed by atoms with E-state index >= 15 is 0 Å². The van der Waals surface area contributed by atoms with Gasteiger partial charge in [-0.25, -0.2) is 4.98 Å². The van der Waals surface area contributed by atoms with E-state index in [2.05, 4.69) is 26.1 Å². The van der Waals surface area contributed by atoms with Crippen LogP contribution in [0, 0.1) is 17.2 Å². The van der Waals surface area contributed by atoms with Crippen molar-refractivity contribution in [2.75, 3.05) is 55.6 Å². The summed E-state index contributed by atoms with van der Waals surface area (Å²) in [5.74, 6) is 0.0921. The molecule has 0 aliphatic carbocycles. The zero-order chi connectivity index (χ0) is 40.1. The van der Waals surface area contributed by atoms with Crippen molar-refractivity contribution < 1.29 is 28.7 Å². The Morgan fingerprint density at radius 2 is 1.64 bits per heavy atom. The number of rotatable bonds is 8. The van der Waals surface area contributed by atoms with Gasteiger partial charge in [-0.1, -0.05) is 17.7 Å². The molecule has 300 valence electrons. The van der Waals surface area contributed by atoms with Crippen LogP contribution >= 0.6 is 11.6 Å². The van der Waals surface area contributed by atoms with Gasteiger partial charge >= 0.3 is 0 Å². The van der Waals surface area contributed by atoms with E-state index < -0.39 is 29.7 Å². The number of amides is 5. The van der Waals surface area contributed by atoms with E-state index in [-0.39, 0.29) is 36.9 Å². The number of piperazine rings is 1. The average molecular weight is 805 g/mol. The van der Waals surface area contributed by atoms with Crippen LogP contribution in [0.25, 0.3) is 0 Å². The van der Waals surface area contributed by atoms with Crippen LogP contribution in [-0.2, 0) is 9.59 Å². The molecule has 0 saturated carbocycles. The number of imide groups is 2. The molecule has 7 heterocycles. The Labute approximate surface area is 341 Å². The van der Waals surface area contributed by atoms with Gasteiger partial charge in [0, 0.05) is 89.4 Å². The summed E-state index contributed by atoms with van der Waals surface area (Å²) in [4.78, 5) is 79.8. The molecule has 2 bridgehead atoms. The van der Waals surface area contributed by atoms with E-state index in [1.165, 1.54) is 0 Å². The van der Waals surface area contributed by atoms with Gasteiger partial charge in [0.05, 0.1) is 33.0 Å². The van der Waals surface area contributed by atoms with Crippen LogP contribution in [0.4, 0.5) is 11.5 Å². The van der Waals surface area contributed by atoms with E-state index in [0.29, 0.717) is 38.9 Å². The number of carbonyl (C=O) groups is 5. The van der Waals surface area contributed by atoms with E-state index in [1.54, 1.807) is 36.5 Å². The SMILES string of the molecule is N#Cc1ccc(OC2CC3CCC(C2)N3C(=O)c2ccc(N3CCN(CC4CCN(c5cccc6c5C(=O)N(C5CCC(=O)NC5=O)C6=O)CC4)CC3)nc2)cc1Cl. The predicted molar refractivity (Wildman–Crippen MR) is 214 cm³/mol. The number of pyridine rings is 1.